The smallest absolute Gasteiger partial charge is 0.0316 e. The molecule has 0 atom stereocenters. The molecule has 2 heteroatoms. The van der Waals surface area contributed by atoms with Crippen LogP contribution in [0.3, 0.4) is 0 Å². The molecular weight excluding hydrogens is 172 g/mol. The van der Waals surface area contributed by atoms with Gasteiger partial charge in [-0.3, -0.25) is 0 Å². The van der Waals surface area contributed by atoms with Gasteiger partial charge in [0.05, 0.1) is 0 Å². The molecule has 0 unspecified atom stereocenters. The quantitative estimate of drug-likeness (QED) is 0.735. The van der Waals surface area contributed by atoms with E-state index in [1.54, 1.807) is 0 Å². The van der Waals surface area contributed by atoms with Crippen LogP contribution in [0.4, 0.5) is 5.69 Å². The van der Waals surface area contributed by atoms with Gasteiger partial charge in [0.1, 0.15) is 0 Å². The van der Waals surface area contributed by atoms with E-state index in [0.29, 0.717) is 0 Å². The van der Waals surface area contributed by atoms with E-state index >= 15 is 0 Å². The van der Waals surface area contributed by atoms with Gasteiger partial charge >= 0.3 is 0 Å². The second-order valence-electron chi connectivity index (χ2n) is 4.21. The van der Waals surface area contributed by atoms with E-state index in [1.807, 2.05) is 12.1 Å². The van der Waals surface area contributed by atoms with Crippen LogP contribution in [0, 0.1) is 0 Å². The Bertz CT molecular complexity index is 305. The van der Waals surface area contributed by atoms with Crippen LogP contribution < -0.4 is 5.73 Å². The van der Waals surface area contributed by atoms with Crippen LogP contribution in [0.2, 0.25) is 0 Å². The first-order chi connectivity index (χ1) is 6.75. The highest BCUT2D eigenvalue weighted by molar-refractivity contribution is 5.40. The number of rotatable bonds is 4. The van der Waals surface area contributed by atoms with Gasteiger partial charge in [-0.25, -0.2) is 0 Å². The molecule has 1 aromatic carbocycles. The standard InChI is InChI=1S/C12H18N2/c1-14(12-5-6-12)8-7-10-3-2-4-11(13)9-10/h2-4,9,12H,5-8,13H2,1H3. The first kappa shape index (κ1) is 9.53. The number of nitrogens with two attached hydrogens (primary N) is 1. The van der Waals surface area contributed by atoms with Gasteiger partial charge in [0, 0.05) is 18.3 Å². The Morgan fingerprint density at radius 1 is 1.43 bits per heavy atom. The zero-order chi connectivity index (χ0) is 9.97. The number of hydrogen-bond acceptors (Lipinski definition) is 2. The van der Waals surface area contributed by atoms with Gasteiger partial charge in [0.25, 0.3) is 0 Å². The molecule has 1 aliphatic rings. The lowest BCUT2D eigenvalue weighted by Gasteiger charge is -2.15. The predicted molar refractivity (Wildman–Crippen MR) is 60.2 cm³/mol. The fourth-order valence-electron chi connectivity index (χ4n) is 1.75. The van der Waals surface area contributed by atoms with Crippen molar-refractivity contribution in [2.75, 3.05) is 19.3 Å². The summed E-state index contributed by atoms with van der Waals surface area (Å²) in [5.41, 5.74) is 7.94. The minimum absolute atomic E-state index is 0.857. The van der Waals surface area contributed by atoms with E-state index < -0.39 is 0 Å². The van der Waals surface area contributed by atoms with E-state index in [4.69, 9.17) is 5.73 Å². The number of likely N-dealkylation sites (N-methyl/N-ethyl adjacent to an activating group) is 1. The van der Waals surface area contributed by atoms with Gasteiger partial charge in [0.15, 0.2) is 0 Å². The first-order valence-electron chi connectivity index (χ1n) is 5.30. The molecule has 2 rings (SSSR count). The SMILES string of the molecule is CN(CCc1cccc(N)c1)C1CC1. The molecule has 0 spiro atoms. The maximum absolute atomic E-state index is 5.72. The molecule has 0 radical (unpaired) electrons. The van der Waals surface area contributed by atoms with Crippen LogP contribution in [0.25, 0.3) is 0 Å². The summed E-state index contributed by atoms with van der Waals surface area (Å²) in [6.45, 7) is 1.15. The topological polar surface area (TPSA) is 29.3 Å². The lowest BCUT2D eigenvalue weighted by molar-refractivity contribution is 0.328. The molecule has 0 aromatic heterocycles. The molecule has 0 aliphatic heterocycles. The van der Waals surface area contributed by atoms with Gasteiger partial charge in [-0.05, 0) is 44.0 Å². The maximum atomic E-state index is 5.72. The third-order valence-corrected chi connectivity index (χ3v) is 2.87. The second-order valence-corrected chi connectivity index (χ2v) is 4.21. The first-order valence-corrected chi connectivity index (χ1v) is 5.30. The molecule has 0 saturated heterocycles. The van der Waals surface area contributed by atoms with E-state index in [-0.39, 0.29) is 0 Å². The Morgan fingerprint density at radius 3 is 2.86 bits per heavy atom. The minimum atomic E-state index is 0.857. The molecule has 1 aromatic rings. The summed E-state index contributed by atoms with van der Waals surface area (Å²) in [4.78, 5) is 2.45. The molecule has 0 heterocycles. The van der Waals surface area contributed by atoms with Crippen molar-refractivity contribution in [2.24, 2.45) is 0 Å². The van der Waals surface area contributed by atoms with Crippen molar-refractivity contribution in [2.45, 2.75) is 25.3 Å². The van der Waals surface area contributed by atoms with Crippen molar-refractivity contribution >= 4 is 5.69 Å². The summed E-state index contributed by atoms with van der Waals surface area (Å²) >= 11 is 0. The minimum Gasteiger partial charge on any atom is -0.399 e. The maximum Gasteiger partial charge on any atom is 0.0316 e. The fraction of sp³-hybridized carbons (Fsp3) is 0.500. The summed E-state index contributed by atoms with van der Waals surface area (Å²) < 4.78 is 0. The predicted octanol–water partition coefficient (Wildman–Crippen LogP) is 1.91. The Morgan fingerprint density at radius 2 is 2.21 bits per heavy atom. The fourth-order valence-corrected chi connectivity index (χ4v) is 1.75. The van der Waals surface area contributed by atoms with Crippen LogP contribution in [-0.4, -0.2) is 24.5 Å². The van der Waals surface area contributed by atoms with Crippen molar-refractivity contribution in [3.8, 4) is 0 Å². The van der Waals surface area contributed by atoms with Crippen LogP contribution in [0.1, 0.15) is 18.4 Å². The summed E-state index contributed by atoms with van der Waals surface area (Å²) in [5, 5.41) is 0. The van der Waals surface area contributed by atoms with Crippen LogP contribution >= 0.6 is 0 Å². The normalized spacial score (nSPS) is 16.1. The van der Waals surface area contributed by atoms with Crippen molar-refractivity contribution in [1.82, 2.24) is 4.90 Å². The summed E-state index contributed by atoms with van der Waals surface area (Å²) in [5.74, 6) is 0. The number of nitrogens with zero attached hydrogens (tertiary/aromatic N) is 1. The largest absolute Gasteiger partial charge is 0.399 e. The summed E-state index contributed by atoms with van der Waals surface area (Å²) in [6.07, 6.45) is 3.87. The highest BCUT2D eigenvalue weighted by atomic mass is 15.1. The van der Waals surface area contributed by atoms with Crippen LogP contribution in [0.15, 0.2) is 24.3 Å². The van der Waals surface area contributed by atoms with Gasteiger partial charge in [-0.15, -0.1) is 0 Å². The Hall–Kier alpha value is -1.02. The molecule has 0 bridgehead atoms. The molecule has 0 amide bonds. The molecule has 1 fully saturated rings. The van der Waals surface area contributed by atoms with E-state index in [2.05, 4.69) is 24.1 Å². The van der Waals surface area contributed by atoms with Crippen molar-refractivity contribution in [3.05, 3.63) is 29.8 Å². The lowest BCUT2D eigenvalue weighted by Crippen LogP contribution is -2.23. The molecule has 14 heavy (non-hydrogen) atoms. The number of hydrogen-bond donors (Lipinski definition) is 1. The van der Waals surface area contributed by atoms with Crippen molar-refractivity contribution in [3.63, 3.8) is 0 Å². The zero-order valence-electron chi connectivity index (χ0n) is 8.74. The molecule has 76 valence electrons. The summed E-state index contributed by atoms with van der Waals surface area (Å²) in [6, 6.07) is 9.05. The van der Waals surface area contributed by atoms with E-state index in [0.717, 1.165) is 24.7 Å². The molecule has 1 saturated carbocycles. The molecular formula is C12H18N2. The molecule has 2 nitrogen and oxygen atoms in total. The molecule has 2 N–H and O–H groups in total. The van der Waals surface area contributed by atoms with Gasteiger partial charge in [-0.1, -0.05) is 12.1 Å². The van der Waals surface area contributed by atoms with Crippen LogP contribution in [-0.2, 0) is 6.42 Å². The second kappa shape index (κ2) is 4.01. The van der Waals surface area contributed by atoms with Gasteiger partial charge < -0.3 is 10.6 Å². The van der Waals surface area contributed by atoms with E-state index in [9.17, 15) is 0 Å². The van der Waals surface area contributed by atoms with Crippen LogP contribution in [0.5, 0.6) is 0 Å². The molecule has 1 aliphatic carbocycles. The highest BCUT2D eigenvalue weighted by Crippen LogP contribution is 2.25. The average molecular weight is 190 g/mol. The Balaban J connectivity index is 1.84. The number of anilines is 1. The van der Waals surface area contributed by atoms with Gasteiger partial charge in [0.2, 0.25) is 0 Å². The Kier molecular flexibility index (Phi) is 2.73. The zero-order valence-corrected chi connectivity index (χ0v) is 8.74. The van der Waals surface area contributed by atoms with Crippen molar-refractivity contribution in [1.29, 1.82) is 0 Å². The Labute approximate surface area is 85.7 Å². The van der Waals surface area contributed by atoms with Crippen molar-refractivity contribution < 1.29 is 0 Å². The third kappa shape index (κ3) is 2.48. The summed E-state index contributed by atoms with van der Waals surface area (Å²) in [7, 11) is 2.21. The van der Waals surface area contributed by atoms with Gasteiger partial charge in [-0.2, -0.15) is 0 Å². The monoisotopic (exact) mass is 190 g/mol. The van der Waals surface area contributed by atoms with E-state index in [1.165, 1.54) is 18.4 Å². The highest BCUT2D eigenvalue weighted by Gasteiger charge is 2.25. The average Bonchev–Trinajstić information content (AvgIpc) is 2.97. The number of nitrogen functional groups attached to an aromatic ring is 1. The lowest BCUT2D eigenvalue weighted by atomic mass is 10.1. The third-order valence-electron chi connectivity index (χ3n) is 2.87. The number of benzene rings is 1.